The maximum Gasteiger partial charge on any atom is 0.276 e. The summed E-state index contributed by atoms with van der Waals surface area (Å²) in [5.74, 6) is -2.21. The largest absolute Gasteiger partial charge is 0.494 e. The number of carbonyl (C=O) groups excluding carboxylic acids is 1. The van der Waals surface area contributed by atoms with Crippen LogP contribution < -0.4 is 15.4 Å². The van der Waals surface area contributed by atoms with Gasteiger partial charge in [-0.25, -0.2) is 18.7 Å². The van der Waals surface area contributed by atoms with Crippen LogP contribution in [0.1, 0.15) is 38.2 Å². The number of amides is 1. The second kappa shape index (κ2) is 9.13. The summed E-state index contributed by atoms with van der Waals surface area (Å²) in [5, 5.41) is 10.1. The highest BCUT2D eigenvalue weighted by Gasteiger charge is 2.35. The van der Waals surface area contributed by atoms with Crippen molar-refractivity contribution in [2.75, 3.05) is 17.7 Å². The van der Waals surface area contributed by atoms with Crippen LogP contribution in [0.15, 0.2) is 36.8 Å². The zero-order chi connectivity index (χ0) is 23.6. The summed E-state index contributed by atoms with van der Waals surface area (Å²) in [6, 6.07) is 6.71. The van der Waals surface area contributed by atoms with Crippen molar-refractivity contribution in [1.82, 2.24) is 19.7 Å². The Balaban J connectivity index is 1.74. The Morgan fingerprint density at radius 1 is 1.27 bits per heavy atom. The number of hydrogen-bond acceptors (Lipinski definition) is 6. The first-order valence-electron chi connectivity index (χ1n) is 10.8. The van der Waals surface area contributed by atoms with Gasteiger partial charge < -0.3 is 15.4 Å². The normalized spacial score (nSPS) is 13.6. The van der Waals surface area contributed by atoms with Crippen LogP contribution in [0, 0.1) is 5.92 Å². The minimum absolute atomic E-state index is 0.0351. The van der Waals surface area contributed by atoms with Gasteiger partial charge in [0.25, 0.3) is 5.92 Å². The predicted octanol–water partition coefficient (Wildman–Crippen LogP) is 4.87. The molecular formula is C23H26F2N6O2. The highest BCUT2D eigenvalue weighted by molar-refractivity contribution is 5.93. The second-order valence-corrected chi connectivity index (χ2v) is 8.09. The Kier molecular flexibility index (Phi) is 6.26. The lowest BCUT2D eigenvalue weighted by atomic mass is 10.0. The molecule has 1 amide bonds. The molecule has 0 atom stereocenters. The number of halogens is 2. The van der Waals surface area contributed by atoms with Gasteiger partial charge in [0.2, 0.25) is 5.91 Å². The number of nitrogens with one attached hydrogen (secondary N) is 2. The number of nitrogens with zero attached hydrogens (tertiary/aromatic N) is 4. The van der Waals surface area contributed by atoms with Crippen molar-refractivity contribution in [2.45, 2.75) is 38.5 Å². The molecule has 0 saturated heterocycles. The molecule has 3 aromatic rings. The lowest BCUT2D eigenvalue weighted by Gasteiger charge is -2.22. The zero-order valence-corrected chi connectivity index (χ0v) is 18.7. The van der Waals surface area contributed by atoms with Crippen LogP contribution in [-0.4, -0.2) is 32.8 Å². The van der Waals surface area contributed by atoms with Gasteiger partial charge >= 0.3 is 0 Å². The van der Waals surface area contributed by atoms with Gasteiger partial charge in [0, 0.05) is 31.6 Å². The molecule has 0 spiro atoms. The van der Waals surface area contributed by atoms with E-state index in [-0.39, 0.29) is 35.3 Å². The Labute approximate surface area is 190 Å². The van der Waals surface area contributed by atoms with E-state index in [0.717, 1.165) is 19.0 Å². The Hall–Kier alpha value is -3.56. The lowest BCUT2D eigenvalue weighted by molar-refractivity contribution is -0.117. The lowest BCUT2D eigenvalue weighted by Crippen LogP contribution is -2.18. The van der Waals surface area contributed by atoms with E-state index in [4.69, 9.17) is 4.74 Å². The predicted molar refractivity (Wildman–Crippen MR) is 121 cm³/mol. The van der Waals surface area contributed by atoms with Crippen molar-refractivity contribution in [3.63, 3.8) is 0 Å². The minimum Gasteiger partial charge on any atom is -0.494 e. The van der Waals surface area contributed by atoms with Crippen molar-refractivity contribution >= 4 is 23.1 Å². The number of rotatable bonds is 9. The fraction of sp³-hybridized carbons (Fsp3) is 0.391. The molecular weight excluding hydrogens is 430 g/mol. The van der Waals surface area contributed by atoms with Gasteiger partial charge in [-0.15, -0.1) is 0 Å². The van der Waals surface area contributed by atoms with Gasteiger partial charge in [0.15, 0.2) is 11.6 Å². The standard InChI is InChI=1S/C23H26F2N6O2/c1-4-10-23(24,25)16-12-26-19(29-22(32)14-8-9-14)11-18(16)28-17-7-5-6-15(20(17)33-3)21-27-13-31(2)30-21/h5-7,11-14H,4,8-10H2,1-3H3,(H2,26,28,29,32). The highest BCUT2D eigenvalue weighted by atomic mass is 19.3. The molecule has 0 radical (unpaired) electrons. The minimum atomic E-state index is -3.10. The first-order chi connectivity index (χ1) is 15.8. The number of methoxy groups -OCH3 is 1. The van der Waals surface area contributed by atoms with Crippen LogP contribution in [0.5, 0.6) is 5.75 Å². The van der Waals surface area contributed by atoms with Gasteiger partial charge in [0.05, 0.1) is 29.6 Å². The third-order valence-corrected chi connectivity index (χ3v) is 5.39. The molecule has 1 fully saturated rings. The number of aromatic nitrogens is 4. The van der Waals surface area contributed by atoms with Crippen molar-refractivity contribution in [1.29, 1.82) is 0 Å². The fourth-order valence-corrected chi connectivity index (χ4v) is 3.58. The van der Waals surface area contributed by atoms with Gasteiger partial charge in [-0.3, -0.25) is 9.48 Å². The average Bonchev–Trinajstić information content (AvgIpc) is 3.54. The van der Waals surface area contributed by atoms with Crippen LogP contribution in [0.2, 0.25) is 0 Å². The summed E-state index contributed by atoms with van der Waals surface area (Å²) >= 11 is 0. The van der Waals surface area contributed by atoms with E-state index in [1.165, 1.54) is 13.2 Å². The van der Waals surface area contributed by atoms with E-state index in [1.54, 1.807) is 43.2 Å². The number of para-hydroxylation sites is 1. The Morgan fingerprint density at radius 2 is 2.06 bits per heavy atom. The number of ether oxygens (including phenoxy) is 1. The maximum atomic E-state index is 15.0. The molecule has 10 heteroatoms. The zero-order valence-electron chi connectivity index (χ0n) is 18.7. The summed E-state index contributed by atoms with van der Waals surface area (Å²) in [4.78, 5) is 20.5. The van der Waals surface area contributed by atoms with Gasteiger partial charge in [-0.2, -0.15) is 5.10 Å². The summed E-state index contributed by atoms with van der Waals surface area (Å²) in [6.45, 7) is 1.70. The van der Waals surface area contributed by atoms with Crippen molar-refractivity contribution < 1.29 is 18.3 Å². The molecule has 8 nitrogen and oxygen atoms in total. The van der Waals surface area contributed by atoms with E-state index in [9.17, 15) is 13.6 Å². The number of aryl methyl sites for hydroxylation is 1. The van der Waals surface area contributed by atoms with E-state index in [2.05, 4.69) is 25.7 Å². The molecule has 2 aromatic heterocycles. The number of benzene rings is 1. The molecule has 2 heterocycles. The monoisotopic (exact) mass is 456 g/mol. The summed E-state index contributed by atoms with van der Waals surface area (Å²) < 4.78 is 37.1. The van der Waals surface area contributed by atoms with Crippen LogP contribution in [0.4, 0.5) is 26.0 Å². The molecule has 2 N–H and O–H groups in total. The Morgan fingerprint density at radius 3 is 2.70 bits per heavy atom. The average molecular weight is 456 g/mol. The van der Waals surface area contributed by atoms with Crippen molar-refractivity contribution in [2.24, 2.45) is 13.0 Å². The van der Waals surface area contributed by atoms with Gasteiger partial charge in [-0.05, 0) is 25.0 Å². The van der Waals surface area contributed by atoms with Crippen molar-refractivity contribution in [3.8, 4) is 17.1 Å². The summed E-state index contributed by atoms with van der Waals surface area (Å²) in [6.07, 6.45) is 4.32. The topological polar surface area (TPSA) is 94.0 Å². The summed E-state index contributed by atoms with van der Waals surface area (Å²) in [7, 11) is 3.25. The molecule has 0 aliphatic heterocycles. The quantitative estimate of drug-likeness (QED) is 0.477. The van der Waals surface area contributed by atoms with E-state index < -0.39 is 5.92 Å². The van der Waals surface area contributed by atoms with E-state index in [1.807, 2.05) is 0 Å². The van der Waals surface area contributed by atoms with E-state index >= 15 is 0 Å². The molecule has 1 aliphatic carbocycles. The van der Waals surface area contributed by atoms with Crippen LogP contribution in [-0.2, 0) is 17.8 Å². The number of hydrogen-bond donors (Lipinski definition) is 2. The number of carbonyl (C=O) groups is 1. The molecule has 33 heavy (non-hydrogen) atoms. The molecule has 1 aromatic carbocycles. The molecule has 174 valence electrons. The molecule has 0 unspecified atom stereocenters. The fourth-order valence-electron chi connectivity index (χ4n) is 3.58. The van der Waals surface area contributed by atoms with Gasteiger partial charge in [-0.1, -0.05) is 19.4 Å². The highest BCUT2D eigenvalue weighted by Crippen LogP contribution is 2.42. The van der Waals surface area contributed by atoms with Crippen LogP contribution in [0.3, 0.4) is 0 Å². The third kappa shape index (κ3) is 4.94. The maximum absolute atomic E-state index is 15.0. The smallest absolute Gasteiger partial charge is 0.276 e. The molecule has 1 saturated carbocycles. The summed E-state index contributed by atoms with van der Waals surface area (Å²) in [5.41, 5.74) is 0.958. The first-order valence-corrected chi connectivity index (χ1v) is 10.8. The molecule has 1 aliphatic rings. The SMILES string of the molecule is CCCC(F)(F)c1cnc(NC(=O)C2CC2)cc1Nc1cccc(-c2ncn(C)n2)c1OC. The second-order valence-electron chi connectivity index (χ2n) is 8.09. The number of anilines is 3. The van der Waals surface area contributed by atoms with Crippen molar-refractivity contribution in [3.05, 3.63) is 42.4 Å². The third-order valence-electron chi connectivity index (χ3n) is 5.39. The van der Waals surface area contributed by atoms with E-state index in [0.29, 0.717) is 29.2 Å². The first kappa shape index (κ1) is 22.6. The van der Waals surface area contributed by atoms with Crippen LogP contribution in [0.25, 0.3) is 11.4 Å². The Bertz CT molecular complexity index is 1160. The molecule has 0 bridgehead atoms. The molecule has 4 rings (SSSR count). The number of alkyl halides is 2. The van der Waals surface area contributed by atoms with Crippen LogP contribution >= 0.6 is 0 Å². The van der Waals surface area contributed by atoms with Gasteiger partial charge in [0.1, 0.15) is 12.1 Å². The number of pyridine rings is 1.